The van der Waals surface area contributed by atoms with Crippen molar-refractivity contribution < 1.29 is 0 Å². The number of rotatable bonds is 1. The van der Waals surface area contributed by atoms with Gasteiger partial charge in [-0.15, -0.1) is 0 Å². The lowest BCUT2D eigenvalue weighted by atomic mass is 10.1. The van der Waals surface area contributed by atoms with Crippen molar-refractivity contribution in [2.24, 2.45) is 0 Å². The molecule has 16 heavy (non-hydrogen) atoms. The average Bonchev–Trinajstić information content (AvgIpc) is 2.57. The number of aromatic nitrogens is 4. The fraction of sp³-hybridized carbons (Fsp3) is 0.583. The van der Waals surface area contributed by atoms with E-state index in [2.05, 4.69) is 19.7 Å². The van der Waals surface area contributed by atoms with Crippen LogP contribution in [0.25, 0.3) is 11.0 Å². The summed E-state index contributed by atoms with van der Waals surface area (Å²) in [5, 5.41) is 5.52. The van der Waals surface area contributed by atoms with Gasteiger partial charge in [0.2, 0.25) is 0 Å². The van der Waals surface area contributed by atoms with Crippen molar-refractivity contribution >= 4 is 11.0 Å². The minimum atomic E-state index is 0.537. The van der Waals surface area contributed by atoms with Gasteiger partial charge in [-0.05, 0) is 12.8 Å². The zero-order valence-electron chi connectivity index (χ0n) is 9.34. The van der Waals surface area contributed by atoms with Crippen molar-refractivity contribution in [3.05, 3.63) is 18.7 Å². The molecule has 0 bridgehead atoms. The molecule has 1 aliphatic rings. The largest absolute Gasteiger partial charge is 0.244 e. The molecule has 3 rings (SSSR count). The van der Waals surface area contributed by atoms with Crippen LogP contribution in [0.3, 0.4) is 0 Å². The zero-order valence-corrected chi connectivity index (χ0v) is 9.34. The molecule has 0 unspecified atom stereocenters. The summed E-state index contributed by atoms with van der Waals surface area (Å²) in [4.78, 5) is 8.36. The van der Waals surface area contributed by atoms with Crippen LogP contribution >= 0.6 is 0 Å². The van der Waals surface area contributed by atoms with E-state index < -0.39 is 0 Å². The van der Waals surface area contributed by atoms with Gasteiger partial charge in [0.05, 0.1) is 17.6 Å². The molecule has 1 saturated carbocycles. The maximum Gasteiger partial charge on any atom is 0.161 e. The summed E-state index contributed by atoms with van der Waals surface area (Å²) in [5.74, 6) is 0. The Hall–Kier alpha value is -1.45. The quantitative estimate of drug-likeness (QED) is 0.688. The molecular formula is C12H16N4. The lowest BCUT2D eigenvalue weighted by Gasteiger charge is -2.14. The normalized spacial score (nSPS) is 18.8. The summed E-state index contributed by atoms with van der Waals surface area (Å²) >= 11 is 0. The van der Waals surface area contributed by atoms with E-state index in [1.807, 2.05) is 12.4 Å². The van der Waals surface area contributed by atoms with Crippen LogP contribution in [0.2, 0.25) is 0 Å². The molecule has 0 saturated heterocycles. The SMILES string of the molecule is c1ncc2cnn(C3CCCCCC3)c2n1. The maximum atomic E-state index is 4.47. The summed E-state index contributed by atoms with van der Waals surface area (Å²) in [6, 6.07) is 0.537. The summed E-state index contributed by atoms with van der Waals surface area (Å²) in [6.07, 6.45) is 13.2. The third-order valence-corrected chi connectivity index (χ3v) is 3.43. The van der Waals surface area contributed by atoms with Crippen molar-refractivity contribution in [1.29, 1.82) is 0 Å². The lowest BCUT2D eigenvalue weighted by molar-refractivity contribution is 0.415. The molecule has 2 heterocycles. The van der Waals surface area contributed by atoms with Crippen LogP contribution in [0.1, 0.15) is 44.6 Å². The van der Waals surface area contributed by atoms with Gasteiger partial charge in [-0.1, -0.05) is 25.7 Å². The van der Waals surface area contributed by atoms with E-state index in [0.717, 1.165) is 11.0 Å². The Morgan fingerprint density at radius 2 is 1.88 bits per heavy atom. The van der Waals surface area contributed by atoms with Gasteiger partial charge in [-0.3, -0.25) is 0 Å². The number of hydrogen-bond donors (Lipinski definition) is 0. The third kappa shape index (κ3) is 1.68. The van der Waals surface area contributed by atoms with E-state index in [9.17, 15) is 0 Å². The molecule has 2 aromatic rings. The summed E-state index contributed by atoms with van der Waals surface area (Å²) in [5.41, 5.74) is 0.988. The highest BCUT2D eigenvalue weighted by Gasteiger charge is 2.17. The van der Waals surface area contributed by atoms with Crippen molar-refractivity contribution in [3.8, 4) is 0 Å². The van der Waals surface area contributed by atoms with Crippen molar-refractivity contribution in [2.75, 3.05) is 0 Å². The topological polar surface area (TPSA) is 43.6 Å². The van der Waals surface area contributed by atoms with Gasteiger partial charge in [-0.25, -0.2) is 14.6 Å². The standard InChI is InChI=1S/C12H16N4/c1-2-4-6-11(5-3-1)16-12-10(8-15-16)7-13-9-14-12/h7-9,11H,1-6H2. The van der Waals surface area contributed by atoms with E-state index in [4.69, 9.17) is 0 Å². The molecule has 4 nitrogen and oxygen atoms in total. The van der Waals surface area contributed by atoms with Gasteiger partial charge in [0.15, 0.2) is 5.65 Å². The third-order valence-electron chi connectivity index (χ3n) is 3.43. The molecule has 4 heteroatoms. The molecule has 0 amide bonds. The minimum Gasteiger partial charge on any atom is -0.244 e. The highest BCUT2D eigenvalue weighted by molar-refractivity contribution is 5.72. The number of nitrogens with zero attached hydrogens (tertiary/aromatic N) is 4. The minimum absolute atomic E-state index is 0.537. The Bertz CT molecular complexity index is 469. The average molecular weight is 216 g/mol. The smallest absolute Gasteiger partial charge is 0.161 e. The van der Waals surface area contributed by atoms with Crippen molar-refractivity contribution in [2.45, 2.75) is 44.6 Å². The van der Waals surface area contributed by atoms with E-state index >= 15 is 0 Å². The van der Waals surface area contributed by atoms with Crippen molar-refractivity contribution in [1.82, 2.24) is 19.7 Å². The second-order valence-electron chi connectivity index (χ2n) is 4.54. The number of fused-ring (bicyclic) bond motifs is 1. The molecule has 2 aromatic heterocycles. The Morgan fingerprint density at radius 3 is 2.69 bits per heavy atom. The van der Waals surface area contributed by atoms with Crippen LogP contribution in [0, 0.1) is 0 Å². The molecule has 1 fully saturated rings. The molecule has 0 aliphatic heterocycles. The van der Waals surface area contributed by atoms with Crippen LogP contribution in [0.4, 0.5) is 0 Å². The zero-order chi connectivity index (χ0) is 10.8. The van der Waals surface area contributed by atoms with E-state index in [1.165, 1.54) is 38.5 Å². The highest BCUT2D eigenvalue weighted by atomic mass is 15.3. The van der Waals surface area contributed by atoms with Gasteiger partial charge >= 0.3 is 0 Å². The lowest BCUT2D eigenvalue weighted by Crippen LogP contribution is -2.10. The maximum absolute atomic E-state index is 4.47. The van der Waals surface area contributed by atoms with Crippen LogP contribution in [0.15, 0.2) is 18.7 Å². The van der Waals surface area contributed by atoms with Gasteiger partial charge in [0.1, 0.15) is 6.33 Å². The fourth-order valence-corrected chi connectivity index (χ4v) is 2.57. The highest BCUT2D eigenvalue weighted by Crippen LogP contribution is 2.28. The van der Waals surface area contributed by atoms with Crippen LogP contribution < -0.4 is 0 Å². The first-order valence-electron chi connectivity index (χ1n) is 6.08. The molecule has 1 aliphatic carbocycles. The van der Waals surface area contributed by atoms with Gasteiger partial charge < -0.3 is 0 Å². The predicted molar refractivity (Wildman–Crippen MR) is 62.1 cm³/mol. The first kappa shape index (κ1) is 9.75. The molecule has 84 valence electrons. The van der Waals surface area contributed by atoms with Crippen LogP contribution in [-0.2, 0) is 0 Å². The van der Waals surface area contributed by atoms with E-state index in [-0.39, 0.29) is 0 Å². The van der Waals surface area contributed by atoms with Crippen molar-refractivity contribution in [3.63, 3.8) is 0 Å². The second-order valence-corrected chi connectivity index (χ2v) is 4.54. The van der Waals surface area contributed by atoms with Gasteiger partial charge in [0.25, 0.3) is 0 Å². The summed E-state index contributed by atoms with van der Waals surface area (Å²) in [7, 11) is 0. The Balaban J connectivity index is 1.97. The first-order valence-corrected chi connectivity index (χ1v) is 6.08. The van der Waals surface area contributed by atoms with E-state index in [1.54, 1.807) is 6.33 Å². The summed E-state index contributed by atoms with van der Waals surface area (Å²) in [6.45, 7) is 0. The molecule has 0 aromatic carbocycles. The Labute approximate surface area is 94.7 Å². The van der Waals surface area contributed by atoms with Gasteiger partial charge in [-0.2, -0.15) is 5.10 Å². The summed E-state index contributed by atoms with van der Waals surface area (Å²) < 4.78 is 2.10. The molecule has 0 spiro atoms. The van der Waals surface area contributed by atoms with Crippen LogP contribution in [0.5, 0.6) is 0 Å². The van der Waals surface area contributed by atoms with Crippen LogP contribution in [-0.4, -0.2) is 19.7 Å². The van der Waals surface area contributed by atoms with E-state index in [0.29, 0.717) is 6.04 Å². The Kier molecular flexibility index (Phi) is 2.56. The molecular weight excluding hydrogens is 200 g/mol. The fourth-order valence-electron chi connectivity index (χ4n) is 2.57. The molecule has 0 radical (unpaired) electrons. The number of hydrogen-bond acceptors (Lipinski definition) is 3. The monoisotopic (exact) mass is 216 g/mol. The molecule has 0 atom stereocenters. The molecule has 0 N–H and O–H groups in total. The first-order chi connectivity index (χ1) is 7.95. The van der Waals surface area contributed by atoms with Gasteiger partial charge in [0, 0.05) is 6.20 Å². The second kappa shape index (κ2) is 4.20. The predicted octanol–water partition coefficient (Wildman–Crippen LogP) is 2.72. The Morgan fingerprint density at radius 1 is 1.06 bits per heavy atom.